The van der Waals surface area contributed by atoms with E-state index in [2.05, 4.69) is 5.32 Å². The van der Waals surface area contributed by atoms with Crippen molar-refractivity contribution >= 4 is 0 Å². The zero-order chi connectivity index (χ0) is 13.9. The van der Waals surface area contributed by atoms with E-state index in [-0.39, 0.29) is 5.56 Å². The summed E-state index contributed by atoms with van der Waals surface area (Å²) in [5.41, 5.74) is 0.917. The Kier molecular flexibility index (Phi) is 4.40. The SMILES string of the molecule is CCc1cc(C(F)(F)C2CCCCN2)ccc1OC. The fourth-order valence-corrected chi connectivity index (χ4v) is 2.62. The molecule has 0 aromatic heterocycles. The summed E-state index contributed by atoms with van der Waals surface area (Å²) in [6, 6.07) is 3.95. The molecule has 0 bridgehead atoms. The van der Waals surface area contributed by atoms with Crippen LogP contribution in [0, 0.1) is 0 Å². The minimum Gasteiger partial charge on any atom is -0.496 e. The number of ether oxygens (including phenoxy) is 1. The monoisotopic (exact) mass is 269 g/mol. The number of hydrogen-bond donors (Lipinski definition) is 1. The van der Waals surface area contributed by atoms with Gasteiger partial charge < -0.3 is 10.1 Å². The lowest BCUT2D eigenvalue weighted by Crippen LogP contribution is -2.45. The summed E-state index contributed by atoms with van der Waals surface area (Å²) in [4.78, 5) is 0. The predicted molar refractivity (Wildman–Crippen MR) is 71.9 cm³/mol. The van der Waals surface area contributed by atoms with Crippen LogP contribution in [-0.4, -0.2) is 19.7 Å². The predicted octanol–water partition coefficient (Wildman–Crippen LogP) is 3.49. The molecule has 1 aliphatic heterocycles. The van der Waals surface area contributed by atoms with Gasteiger partial charge in [0.05, 0.1) is 13.2 Å². The molecule has 1 N–H and O–H groups in total. The first-order valence-electron chi connectivity index (χ1n) is 6.88. The number of methoxy groups -OCH3 is 1. The van der Waals surface area contributed by atoms with Crippen LogP contribution in [0.3, 0.4) is 0 Å². The Balaban J connectivity index is 2.28. The van der Waals surface area contributed by atoms with Gasteiger partial charge in [0, 0.05) is 5.56 Å². The van der Waals surface area contributed by atoms with E-state index in [9.17, 15) is 8.78 Å². The van der Waals surface area contributed by atoms with Crippen molar-refractivity contribution in [2.24, 2.45) is 0 Å². The van der Waals surface area contributed by atoms with Crippen LogP contribution in [0.5, 0.6) is 5.75 Å². The van der Waals surface area contributed by atoms with Crippen LogP contribution in [0.1, 0.15) is 37.3 Å². The van der Waals surface area contributed by atoms with Crippen molar-refractivity contribution in [1.82, 2.24) is 5.32 Å². The number of alkyl halides is 2. The number of benzene rings is 1. The molecule has 4 heteroatoms. The lowest BCUT2D eigenvalue weighted by Gasteiger charge is -2.31. The van der Waals surface area contributed by atoms with Gasteiger partial charge in [0.2, 0.25) is 0 Å². The van der Waals surface area contributed by atoms with Gasteiger partial charge >= 0.3 is 0 Å². The average Bonchev–Trinajstić information content (AvgIpc) is 2.47. The maximum absolute atomic E-state index is 14.5. The van der Waals surface area contributed by atoms with Crippen LogP contribution in [-0.2, 0) is 12.3 Å². The number of rotatable bonds is 4. The highest BCUT2D eigenvalue weighted by atomic mass is 19.3. The molecule has 0 radical (unpaired) electrons. The van der Waals surface area contributed by atoms with E-state index in [0.29, 0.717) is 25.1 Å². The van der Waals surface area contributed by atoms with Gasteiger partial charge in [-0.25, -0.2) is 0 Å². The van der Waals surface area contributed by atoms with Gasteiger partial charge in [0.15, 0.2) is 0 Å². The third-order valence-electron chi connectivity index (χ3n) is 3.79. The van der Waals surface area contributed by atoms with Crippen LogP contribution in [0.25, 0.3) is 0 Å². The second-order valence-corrected chi connectivity index (χ2v) is 5.01. The first-order chi connectivity index (χ1) is 9.09. The molecule has 1 fully saturated rings. The van der Waals surface area contributed by atoms with Crippen molar-refractivity contribution < 1.29 is 13.5 Å². The highest BCUT2D eigenvalue weighted by molar-refractivity contribution is 5.39. The van der Waals surface area contributed by atoms with Crippen LogP contribution in [0.15, 0.2) is 18.2 Å². The number of hydrogen-bond acceptors (Lipinski definition) is 2. The Hall–Kier alpha value is -1.16. The van der Waals surface area contributed by atoms with E-state index < -0.39 is 12.0 Å². The van der Waals surface area contributed by atoms with Crippen LogP contribution < -0.4 is 10.1 Å². The third kappa shape index (κ3) is 2.89. The second-order valence-electron chi connectivity index (χ2n) is 5.01. The molecule has 1 heterocycles. The fraction of sp³-hybridized carbons (Fsp3) is 0.600. The van der Waals surface area contributed by atoms with Gasteiger partial charge in [0.25, 0.3) is 5.92 Å². The Bertz CT molecular complexity index is 428. The van der Waals surface area contributed by atoms with Gasteiger partial charge in [-0.3, -0.25) is 0 Å². The quantitative estimate of drug-likeness (QED) is 0.903. The van der Waals surface area contributed by atoms with Crippen LogP contribution in [0.4, 0.5) is 8.78 Å². The number of halogens is 2. The summed E-state index contributed by atoms with van der Waals surface area (Å²) >= 11 is 0. The molecule has 1 aromatic carbocycles. The molecule has 1 atom stereocenters. The Morgan fingerprint density at radius 2 is 2.16 bits per heavy atom. The molecule has 0 spiro atoms. The topological polar surface area (TPSA) is 21.3 Å². The lowest BCUT2D eigenvalue weighted by molar-refractivity contribution is -0.0513. The van der Waals surface area contributed by atoms with Gasteiger partial charge in [-0.15, -0.1) is 0 Å². The molecule has 1 aromatic rings. The summed E-state index contributed by atoms with van der Waals surface area (Å²) in [7, 11) is 1.56. The maximum Gasteiger partial charge on any atom is 0.288 e. The smallest absolute Gasteiger partial charge is 0.288 e. The summed E-state index contributed by atoms with van der Waals surface area (Å²) in [6.45, 7) is 2.62. The van der Waals surface area contributed by atoms with Gasteiger partial charge in [-0.2, -0.15) is 8.78 Å². The molecule has 2 nitrogen and oxygen atoms in total. The van der Waals surface area contributed by atoms with E-state index in [0.717, 1.165) is 18.4 Å². The first-order valence-corrected chi connectivity index (χ1v) is 6.88. The van der Waals surface area contributed by atoms with Crippen molar-refractivity contribution in [1.29, 1.82) is 0 Å². The van der Waals surface area contributed by atoms with E-state index in [1.165, 1.54) is 6.07 Å². The second kappa shape index (κ2) is 5.87. The molecule has 1 aliphatic rings. The fourth-order valence-electron chi connectivity index (χ4n) is 2.62. The summed E-state index contributed by atoms with van der Waals surface area (Å²) in [5, 5.41) is 2.94. The minimum absolute atomic E-state index is 0.0875. The van der Waals surface area contributed by atoms with Crippen LogP contribution in [0.2, 0.25) is 0 Å². The van der Waals surface area contributed by atoms with Gasteiger partial charge in [0.1, 0.15) is 5.75 Å². The van der Waals surface area contributed by atoms with Gasteiger partial charge in [-0.1, -0.05) is 13.3 Å². The maximum atomic E-state index is 14.5. The van der Waals surface area contributed by atoms with E-state index in [1.54, 1.807) is 19.2 Å². The number of nitrogens with one attached hydrogen (secondary N) is 1. The minimum atomic E-state index is -2.82. The molecule has 0 amide bonds. The van der Waals surface area contributed by atoms with Crippen molar-refractivity contribution in [2.45, 2.75) is 44.6 Å². The van der Waals surface area contributed by atoms with E-state index >= 15 is 0 Å². The Morgan fingerprint density at radius 3 is 2.74 bits per heavy atom. The summed E-state index contributed by atoms with van der Waals surface area (Å²) < 4.78 is 34.2. The lowest BCUT2D eigenvalue weighted by atomic mass is 9.92. The first kappa shape index (κ1) is 14.3. The zero-order valence-corrected chi connectivity index (χ0v) is 11.5. The molecular weight excluding hydrogens is 248 g/mol. The largest absolute Gasteiger partial charge is 0.496 e. The van der Waals surface area contributed by atoms with Crippen molar-refractivity contribution in [3.63, 3.8) is 0 Å². The highest BCUT2D eigenvalue weighted by Gasteiger charge is 2.41. The molecule has 1 saturated heterocycles. The molecule has 0 saturated carbocycles. The Morgan fingerprint density at radius 1 is 1.37 bits per heavy atom. The summed E-state index contributed by atoms with van der Waals surface area (Å²) in [6.07, 6.45) is 3.06. The summed E-state index contributed by atoms with van der Waals surface area (Å²) in [5.74, 6) is -2.14. The van der Waals surface area contributed by atoms with Gasteiger partial charge in [-0.05, 0) is 49.6 Å². The van der Waals surface area contributed by atoms with E-state index in [4.69, 9.17) is 4.74 Å². The van der Waals surface area contributed by atoms with Crippen molar-refractivity contribution in [2.75, 3.05) is 13.7 Å². The molecule has 0 aliphatic carbocycles. The van der Waals surface area contributed by atoms with Crippen molar-refractivity contribution in [3.8, 4) is 5.75 Å². The standard InChI is InChI=1S/C15H21F2NO/c1-3-11-10-12(7-8-13(11)19-2)15(16,17)14-6-4-5-9-18-14/h7-8,10,14,18H,3-6,9H2,1-2H3. The average molecular weight is 269 g/mol. The number of piperidine rings is 1. The molecule has 19 heavy (non-hydrogen) atoms. The van der Waals surface area contributed by atoms with E-state index in [1.807, 2.05) is 6.92 Å². The Labute approximate surface area is 113 Å². The molecule has 1 unspecified atom stereocenters. The third-order valence-corrected chi connectivity index (χ3v) is 3.79. The molecular formula is C15H21F2NO. The van der Waals surface area contributed by atoms with Crippen LogP contribution >= 0.6 is 0 Å². The van der Waals surface area contributed by atoms with Crippen molar-refractivity contribution in [3.05, 3.63) is 29.3 Å². The molecule has 106 valence electrons. The zero-order valence-electron chi connectivity index (χ0n) is 11.5. The highest BCUT2D eigenvalue weighted by Crippen LogP contribution is 2.37. The number of aryl methyl sites for hydroxylation is 1. The molecule has 2 rings (SSSR count). The normalized spacial score (nSPS) is 20.3.